The highest BCUT2D eigenvalue weighted by molar-refractivity contribution is 5.88. The third-order valence-corrected chi connectivity index (χ3v) is 3.62. The molecule has 3 rings (SSSR count). The summed E-state index contributed by atoms with van der Waals surface area (Å²) in [5.41, 5.74) is 1.37. The van der Waals surface area contributed by atoms with Gasteiger partial charge in [0.25, 0.3) is 0 Å². The van der Waals surface area contributed by atoms with E-state index in [0.29, 0.717) is 5.92 Å². The van der Waals surface area contributed by atoms with Crippen LogP contribution in [0.4, 0.5) is 0 Å². The van der Waals surface area contributed by atoms with Crippen molar-refractivity contribution in [3.63, 3.8) is 0 Å². The summed E-state index contributed by atoms with van der Waals surface area (Å²) < 4.78 is 5.54. The van der Waals surface area contributed by atoms with Crippen LogP contribution in [-0.2, 0) is 0 Å². The Hall–Kier alpha value is -1.25. The summed E-state index contributed by atoms with van der Waals surface area (Å²) >= 11 is 0. The van der Waals surface area contributed by atoms with Crippen LogP contribution in [0.25, 0.3) is 10.8 Å². The third-order valence-electron chi connectivity index (χ3n) is 3.62. The van der Waals surface area contributed by atoms with Crippen molar-refractivity contribution in [2.24, 2.45) is 0 Å². The molecule has 1 atom stereocenters. The van der Waals surface area contributed by atoms with Crippen molar-refractivity contribution in [1.29, 1.82) is 0 Å². The Kier molecular flexibility index (Phi) is 4.10. The van der Waals surface area contributed by atoms with Gasteiger partial charge in [-0.05, 0) is 29.8 Å². The Morgan fingerprint density at radius 2 is 2.00 bits per heavy atom. The van der Waals surface area contributed by atoms with Crippen molar-refractivity contribution >= 4 is 23.2 Å². The summed E-state index contributed by atoms with van der Waals surface area (Å²) in [5, 5.41) is 6.07. The number of hydrogen-bond donors (Lipinski definition) is 1. The van der Waals surface area contributed by atoms with Crippen LogP contribution in [-0.4, -0.2) is 20.2 Å². The third kappa shape index (κ3) is 2.18. The number of halogens is 1. The van der Waals surface area contributed by atoms with Crippen molar-refractivity contribution in [2.75, 3.05) is 20.2 Å². The second kappa shape index (κ2) is 5.59. The molecule has 96 valence electrons. The molecule has 0 spiro atoms. The Balaban J connectivity index is 0.00000120. The Morgan fingerprint density at radius 3 is 2.72 bits per heavy atom. The molecule has 0 aromatic heterocycles. The first kappa shape index (κ1) is 13.2. The zero-order valence-corrected chi connectivity index (χ0v) is 11.3. The van der Waals surface area contributed by atoms with E-state index in [9.17, 15) is 0 Å². The molecule has 18 heavy (non-hydrogen) atoms. The van der Waals surface area contributed by atoms with Gasteiger partial charge in [0.05, 0.1) is 7.11 Å². The number of benzene rings is 2. The summed E-state index contributed by atoms with van der Waals surface area (Å²) in [6, 6.07) is 12.8. The molecule has 3 heteroatoms. The van der Waals surface area contributed by atoms with Crippen LogP contribution < -0.4 is 10.1 Å². The second-order valence-electron chi connectivity index (χ2n) is 4.59. The second-order valence-corrected chi connectivity index (χ2v) is 4.59. The summed E-state index contributed by atoms with van der Waals surface area (Å²) in [5.74, 6) is 1.61. The van der Waals surface area contributed by atoms with Gasteiger partial charge in [0.2, 0.25) is 0 Å². The molecule has 0 amide bonds. The zero-order valence-electron chi connectivity index (χ0n) is 10.5. The first-order valence-corrected chi connectivity index (χ1v) is 6.16. The minimum atomic E-state index is 0. The van der Waals surface area contributed by atoms with Gasteiger partial charge in [-0.15, -0.1) is 12.4 Å². The van der Waals surface area contributed by atoms with Gasteiger partial charge in [0.1, 0.15) is 5.75 Å². The maximum Gasteiger partial charge on any atom is 0.123 e. The fraction of sp³-hybridized carbons (Fsp3) is 0.333. The molecule has 1 aliphatic heterocycles. The minimum Gasteiger partial charge on any atom is -0.496 e. The van der Waals surface area contributed by atoms with E-state index in [-0.39, 0.29) is 12.4 Å². The quantitative estimate of drug-likeness (QED) is 0.897. The predicted molar refractivity (Wildman–Crippen MR) is 78.0 cm³/mol. The molecule has 2 aromatic carbocycles. The van der Waals surface area contributed by atoms with E-state index in [0.717, 1.165) is 18.8 Å². The van der Waals surface area contributed by atoms with Crippen molar-refractivity contribution in [1.82, 2.24) is 5.32 Å². The van der Waals surface area contributed by atoms with Gasteiger partial charge in [0.15, 0.2) is 0 Å². The first-order chi connectivity index (χ1) is 8.40. The number of methoxy groups -OCH3 is 1. The maximum absolute atomic E-state index is 5.54. The highest BCUT2D eigenvalue weighted by atomic mass is 35.5. The van der Waals surface area contributed by atoms with E-state index in [1.165, 1.54) is 22.8 Å². The standard InChI is InChI=1S/C15H17NO.ClH/c1-17-14-7-6-11-4-2-3-5-13(11)15(14)12-8-9-16-10-12;/h2-7,12,16H,8-10H2,1H3;1H. The van der Waals surface area contributed by atoms with Gasteiger partial charge in [-0.3, -0.25) is 0 Å². The fourth-order valence-corrected chi connectivity index (χ4v) is 2.78. The molecule has 1 N–H and O–H groups in total. The van der Waals surface area contributed by atoms with Crippen molar-refractivity contribution in [2.45, 2.75) is 12.3 Å². The molecule has 1 saturated heterocycles. The number of hydrogen-bond acceptors (Lipinski definition) is 2. The summed E-state index contributed by atoms with van der Waals surface area (Å²) in [6.45, 7) is 2.17. The van der Waals surface area contributed by atoms with E-state index in [4.69, 9.17) is 4.74 Å². The first-order valence-electron chi connectivity index (χ1n) is 6.16. The van der Waals surface area contributed by atoms with E-state index in [1.807, 2.05) is 0 Å². The SMILES string of the molecule is COc1ccc2ccccc2c1C1CCNC1.Cl. The van der Waals surface area contributed by atoms with Crippen LogP contribution in [0.5, 0.6) is 5.75 Å². The Morgan fingerprint density at radius 1 is 1.17 bits per heavy atom. The van der Waals surface area contributed by atoms with Crippen LogP contribution >= 0.6 is 12.4 Å². The average molecular weight is 264 g/mol. The van der Waals surface area contributed by atoms with Crippen LogP contribution in [0.15, 0.2) is 36.4 Å². The summed E-state index contributed by atoms with van der Waals surface area (Å²) in [6.07, 6.45) is 1.20. The lowest BCUT2D eigenvalue weighted by Gasteiger charge is -2.16. The fourth-order valence-electron chi connectivity index (χ4n) is 2.78. The molecule has 2 aromatic rings. The van der Waals surface area contributed by atoms with Crippen molar-refractivity contribution in [3.05, 3.63) is 42.0 Å². The minimum absolute atomic E-state index is 0. The number of ether oxygens (including phenoxy) is 1. The summed E-state index contributed by atoms with van der Waals surface area (Å²) in [4.78, 5) is 0. The largest absolute Gasteiger partial charge is 0.496 e. The van der Waals surface area contributed by atoms with Crippen molar-refractivity contribution < 1.29 is 4.74 Å². The normalized spacial score (nSPS) is 18.6. The lowest BCUT2D eigenvalue weighted by Crippen LogP contribution is -2.09. The highest BCUT2D eigenvalue weighted by Gasteiger charge is 2.22. The molecular formula is C15H18ClNO. The van der Waals surface area contributed by atoms with Gasteiger partial charge >= 0.3 is 0 Å². The van der Waals surface area contributed by atoms with Crippen molar-refractivity contribution in [3.8, 4) is 5.75 Å². The molecule has 2 nitrogen and oxygen atoms in total. The zero-order chi connectivity index (χ0) is 11.7. The predicted octanol–water partition coefficient (Wildman–Crippen LogP) is 3.35. The molecule has 1 aliphatic rings. The molecule has 1 heterocycles. The smallest absolute Gasteiger partial charge is 0.123 e. The van der Waals surface area contributed by atoms with E-state index in [1.54, 1.807) is 7.11 Å². The Labute approximate surface area is 114 Å². The monoisotopic (exact) mass is 263 g/mol. The maximum atomic E-state index is 5.54. The van der Waals surface area contributed by atoms with Gasteiger partial charge in [-0.25, -0.2) is 0 Å². The Bertz CT molecular complexity index is 535. The van der Waals surface area contributed by atoms with Crippen LogP contribution in [0, 0.1) is 0 Å². The molecule has 0 radical (unpaired) electrons. The number of rotatable bonds is 2. The lowest BCUT2D eigenvalue weighted by atomic mass is 9.92. The average Bonchev–Trinajstić information content (AvgIpc) is 2.91. The highest BCUT2D eigenvalue weighted by Crippen LogP contribution is 2.36. The molecule has 1 fully saturated rings. The van der Waals surface area contributed by atoms with Crippen LogP contribution in [0.3, 0.4) is 0 Å². The molecule has 0 bridgehead atoms. The van der Waals surface area contributed by atoms with Gasteiger partial charge < -0.3 is 10.1 Å². The lowest BCUT2D eigenvalue weighted by molar-refractivity contribution is 0.407. The van der Waals surface area contributed by atoms with Crippen LogP contribution in [0.2, 0.25) is 0 Å². The van der Waals surface area contributed by atoms with Crippen LogP contribution in [0.1, 0.15) is 17.9 Å². The van der Waals surface area contributed by atoms with E-state index in [2.05, 4.69) is 41.7 Å². The van der Waals surface area contributed by atoms with E-state index >= 15 is 0 Å². The molecule has 1 unspecified atom stereocenters. The molecule has 0 saturated carbocycles. The van der Waals surface area contributed by atoms with Gasteiger partial charge in [-0.2, -0.15) is 0 Å². The molecule has 0 aliphatic carbocycles. The number of fused-ring (bicyclic) bond motifs is 1. The topological polar surface area (TPSA) is 21.3 Å². The molecular weight excluding hydrogens is 246 g/mol. The van der Waals surface area contributed by atoms with Gasteiger partial charge in [-0.1, -0.05) is 30.3 Å². The van der Waals surface area contributed by atoms with E-state index < -0.39 is 0 Å². The summed E-state index contributed by atoms with van der Waals surface area (Å²) in [7, 11) is 1.76. The van der Waals surface area contributed by atoms with Gasteiger partial charge in [0, 0.05) is 18.0 Å². The number of nitrogens with one attached hydrogen (secondary N) is 1.